The lowest BCUT2D eigenvalue weighted by atomic mass is 10.1. The third-order valence-electron chi connectivity index (χ3n) is 2.46. The van der Waals surface area contributed by atoms with Gasteiger partial charge in [-0.05, 0) is 65.4 Å². The van der Waals surface area contributed by atoms with E-state index in [1.54, 1.807) is 0 Å². The van der Waals surface area contributed by atoms with Gasteiger partial charge in [0.2, 0.25) is 0 Å². The van der Waals surface area contributed by atoms with E-state index in [1.807, 2.05) is 55.5 Å². The Bertz CT molecular complexity index is 537. The lowest BCUT2D eigenvalue weighted by Crippen LogP contribution is -2.13. The molecule has 2 rings (SSSR count). The molecular formula is C14H12INO. The molecule has 0 saturated heterocycles. The SMILES string of the molecule is Cc1cc(I)ccc1C(=O)Nc1ccccc1. The molecule has 0 atom stereocenters. The van der Waals surface area contributed by atoms with Crippen LogP contribution in [0.4, 0.5) is 5.69 Å². The van der Waals surface area contributed by atoms with E-state index >= 15 is 0 Å². The Morgan fingerprint density at radius 2 is 1.82 bits per heavy atom. The van der Waals surface area contributed by atoms with Crippen LogP contribution in [0.15, 0.2) is 48.5 Å². The summed E-state index contributed by atoms with van der Waals surface area (Å²) in [7, 11) is 0. The molecule has 2 aromatic rings. The minimum atomic E-state index is -0.0647. The van der Waals surface area contributed by atoms with Gasteiger partial charge in [-0.3, -0.25) is 4.79 Å². The normalized spacial score (nSPS) is 10.0. The zero-order valence-corrected chi connectivity index (χ0v) is 11.6. The highest BCUT2D eigenvalue weighted by molar-refractivity contribution is 14.1. The monoisotopic (exact) mass is 337 g/mol. The third kappa shape index (κ3) is 3.06. The Morgan fingerprint density at radius 1 is 1.12 bits per heavy atom. The fourth-order valence-corrected chi connectivity index (χ4v) is 2.25. The number of amides is 1. The maximum Gasteiger partial charge on any atom is 0.255 e. The fraction of sp³-hybridized carbons (Fsp3) is 0.0714. The van der Waals surface area contributed by atoms with Crippen LogP contribution in [-0.2, 0) is 0 Å². The summed E-state index contributed by atoms with van der Waals surface area (Å²) >= 11 is 2.24. The molecule has 0 spiro atoms. The molecule has 0 radical (unpaired) electrons. The lowest BCUT2D eigenvalue weighted by Gasteiger charge is -2.07. The smallest absolute Gasteiger partial charge is 0.255 e. The zero-order valence-electron chi connectivity index (χ0n) is 9.41. The van der Waals surface area contributed by atoms with Gasteiger partial charge in [-0.25, -0.2) is 0 Å². The van der Waals surface area contributed by atoms with Crippen molar-refractivity contribution in [2.45, 2.75) is 6.92 Å². The second-order valence-electron chi connectivity index (χ2n) is 3.78. The Balaban J connectivity index is 2.21. The predicted molar refractivity (Wildman–Crippen MR) is 78.3 cm³/mol. The van der Waals surface area contributed by atoms with Crippen molar-refractivity contribution < 1.29 is 4.79 Å². The zero-order chi connectivity index (χ0) is 12.3. The number of carbonyl (C=O) groups excluding carboxylic acids is 1. The van der Waals surface area contributed by atoms with Crippen molar-refractivity contribution in [1.29, 1.82) is 0 Å². The first kappa shape index (κ1) is 12.1. The van der Waals surface area contributed by atoms with Crippen molar-refractivity contribution >= 4 is 34.2 Å². The highest BCUT2D eigenvalue weighted by Gasteiger charge is 2.08. The number of anilines is 1. The largest absolute Gasteiger partial charge is 0.322 e. The van der Waals surface area contributed by atoms with Crippen molar-refractivity contribution in [3.63, 3.8) is 0 Å². The van der Waals surface area contributed by atoms with Gasteiger partial charge in [0.25, 0.3) is 5.91 Å². The minimum Gasteiger partial charge on any atom is -0.322 e. The first-order valence-corrected chi connectivity index (χ1v) is 6.37. The van der Waals surface area contributed by atoms with Crippen molar-refractivity contribution in [2.24, 2.45) is 0 Å². The summed E-state index contributed by atoms with van der Waals surface area (Å²) in [5.74, 6) is -0.0647. The molecule has 2 aromatic carbocycles. The van der Waals surface area contributed by atoms with Crippen LogP contribution in [-0.4, -0.2) is 5.91 Å². The summed E-state index contributed by atoms with van der Waals surface area (Å²) in [4.78, 5) is 12.0. The van der Waals surface area contributed by atoms with E-state index < -0.39 is 0 Å². The van der Waals surface area contributed by atoms with Gasteiger partial charge in [0.15, 0.2) is 0 Å². The van der Waals surface area contributed by atoms with E-state index in [4.69, 9.17) is 0 Å². The lowest BCUT2D eigenvalue weighted by molar-refractivity contribution is 0.102. The highest BCUT2D eigenvalue weighted by atomic mass is 127. The van der Waals surface area contributed by atoms with Gasteiger partial charge < -0.3 is 5.32 Å². The minimum absolute atomic E-state index is 0.0647. The molecule has 3 heteroatoms. The van der Waals surface area contributed by atoms with Crippen molar-refractivity contribution in [1.82, 2.24) is 0 Å². The van der Waals surface area contributed by atoms with Gasteiger partial charge in [-0.1, -0.05) is 18.2 Å². The fourth-order valence-electron chi connectivity index (χ4n) is 1.60. The van der Waals surface area contributed by atoms with E-state index in [0.717, 1.165) is 14.8 Å². The number of carbonyl (C=O) groups is 1. The van der Waals surface area contributed by atoms with Crippen molar-refractivity contribution in [2.75, 3.05) is 5.32 Å². The van der Waals surface area contributed by atoms with Crippen LogP contribution < -0.4 is 5.32 Å². The van der Waals surface area contributed by atoms with Gasteiger partial charge in [0.05, 0.1) is 0 Å². The number of nitrogens with one attached hydrogen (secondary N) is 1. The standard InChI is InChI=1S/C14H12INO/c1-10-9-11(15)7-8-13(10)14(17)16-12-5-3-2-4-6-12/h2-9H,1H3,(H,16,17). The Labute approximate surface area is 114 Å². The summed E-state index contributed by atoms with van der Waals surface area (Å²) in [5, 5.41) is 2.88. The van der Waals surface area contributed by atoms with Crippen LogP contribution in [0.3, 0.4) is 0 Å². The van der Waals surface area contributed by atoms with Gasteiger partial charge in [-0.15, -0.1) is 0 Å². The third-order valence-corrected chi connectivity index (χ3v) is 3.14. The number of hydrogen-bond acceptors (Lipinski definition) is 1. The molecule has 0 aliphatic rings. The van der Waals surface area contributed by atoms with Gasteiger partial charge in [0, 0.05) is 14.8 Å². The molecule has 1 N–H and O–H groups in total. The Kier molecular flexibility index (Phi) is 3.78. The second kappa shape index (κ2) is 5.31. The molecule has 1 amide bonds. The Morgan fingerprint density at radius 3 is 2.47 bits per heavy atom. The van der Waals surface area contributed by atoms with Gasteiger partial charge >= 0.3 is 0 Å². The molecule has 0 bridgehead atoms. The molecular weight excluding hydrogens is 325 g/mol. The van der Waals surface area contributed by atoms with Crippen LogP contribution >= 0.6 is 22.6 Å². The maximum atomic E-state index is 12.0. The first-order chi connectivity index (χ1) is 8.16. The number of benzene rings is 2. The molecule has 0 aromatic heterocycles. The molecule has 0 heterocycles. The van der Waals surface area contributed by atoms with Crippen LogP contribution in [0.5, 0.6) is 0 Å². The maximum absolute atomic E-state index is 12.0. The van der Waals surface area contributed by atoms with Gasteiger partial charge in [0.1, 0.15) is 0 Å². The van der Waals surface area contributed by atoms with Crippen LogP contribution in [0, 0.1) is 10.5 Å². The molecule has 0 aliphatic carbocycles. The van der Waals surface area contributed by atoms with E-state index in [1.165, 1.54) is 0 Å². The van der Waals surface area contributed by atoms with Crippen LogP contribution in [0.25, 0.3) is 0 Å². The van der Waals surface area contributed by atoms with E-state index in [9.17, 15) is 4.79 Å². The quantitative estimate of drug-likeness (QED) is 0.829. The molecule has 86 valence electrons. The van der Waals surface area contributed by atoms with Crippen LogP contribution in [0.1, 0.15) is 15.9 Å². The molecule has 0 saturated carbocycles. The van der Waals surface area contributed by atoms with E-state index in [2.05, 4.69) is 27.9 Å². The summed E-state index contributed by atoms with van der Waals surface area (Å²) < 4.78 is 1.14. The molecule has 0 unspecified atom stereocenters. The Hall–Kier alpha value is -1.36. The predicted octanol–water partition coefficient (Wildman–Crippen LogP) is 3.85. The van der Waals surface area contributed by atoms with Gasteiger partial charge in [-0.2, -0.15) is 0 Å². The second-order valence-corrected chi connectivity index (χ2v) is 5.03. The summed E-state index contributed by atoms with van der Waals surface area (Å²) in [6, 6.07) is 15.3. The summed E-state index contributed by atoms with van der Waals surface area (Å²) in [6.07, 6.45) is 0. The topological polar surface area (TPSA) is 29.1 Å². The van der Waals surface area contributed by atoms with E-state index in [0.29, 0.717) is 5.56 Å². The highest BCUT2D eigenvalue weighted by Crippen LogP contribution is 2.15. The number of aryl methyl sites for hydroxylation is 1. The first-order valence-electron chi connectivity index (χ1n) is 5.29. The van der Waals surface area contributed by atoms with Crippen molar-refractivity contribution in [3.8, 4) is 0 Å². The number of hydrogen-bond donors (Lipinski definition) is 1. The average Bonchev–Trinajstić information content (AvgIpc) is 2.30. The average molecular weight is 337 g/mol. The molecule has 17 heavy (non-hydrogen) atoms. The van der Waals surface area contributed by atoms with Crippen LogP contribution in [0.2, 0.25) is 0 Å². The summed E-state index contributed by atoms with van der Waals surface area (Å²) in [6.45, 7) is 1.95. The summed E-state index contributed by atoms with van der Waals surface area (Å²) in [5.41, 5.74) is 2.52. The number of rotatable bonds is 2. The molecule has 2 nitrogen and oxygen atoms in total. The molecule has 0 fully saturated rings. The molecule has 0 aliphatic heterocycles. The van der Waals surface area contributed by atoms with Crippen molar-refractivity contribution in [3.05, 3.63) is 63.2 Å². The number of para-hydroxylation sites is 1. The van der Waals surface area contributed by atoms with E-state index in [-0.39, 0.29) is 5.91 Å². The number of halogens is 1.